The second-order valence-electron chi connectivity index (χ2n) is 5.21. The third-order valence-electron chi connectivity index (χ3n) is 3.52. The molecule has 7 heteroatoms. The van der Waals surface area contributed by atoms with Gasteiger partial charge in [-0.25, -0.2) is 4.39 Å². The maximum atomic E-state index is 13.0. The highest BCUT2D eigenvalue weighted by atomic mass is 32.2. The topological polar surface area (TPSA) is 58.2 Å². The number of hydrogen-bond donors (Lipinski definition) is 0. The summed E-state index contributed by atoms with van der Waals surface area (Å²) in [5, 5.41) is 8.54. The Hall–Kier alpha value is -2.41. The number of carbonyl (C=O) groups is 1. The first-order valence-corrected chi connectivity index (χ1v) is 8.42. The molecular weight excluding hydrogens is 329 g/mol. The van der Waals surface area contributed by atoms with Crippen LogP contribution in [0.2, 0.25) is 0 Å². The summed E-state index contributed by atoms with van der Waals surface area (Å²) in [6, 6.07) is 9.61. The second-order valence-corrected chi connectivity index (χ2v) is 6.38. The standard InChI is InChI=1S/C17H16FN3O2S/c1-2-15-16(22)21(11-12-5-7-13(18)8-6-12)17(24-15)20-19-10-14-4-3-9-23-14/h3-10,15H,2,11H2,1H3/b19-10-,20-17+/t15-/m0/s1. The van der Waals surface area contributed by atoms with Crippen LogP contribution in [0.5, 0.6) is 0 Å². The lowest BCUT2D eigenvalue weighted by Crippen LogP contribution is -2.31. The van der Waals surface area contributed by atoms with Gasteiger partial charge in [0.1, 0.15) is 11.6 Å². The number of benzene rings is 1. The Labute approximate surface area is 143 Å². The van der Waals surface area contributed by atoms with Gasteiger partial charge in [0.25, 0.3) is 0 Å². The Morgan fingerprint density at radius 3 is 2.79 bits per heavy atom. The summed E-state index contributed by atoms with van der Waals surface area (Å²) >= 11 is 1.39. The van der Waals surface area contributed by atoms with Crippen LogP contribution in [0, 0.1) is 5.82 Å². The first-order valence-electron chi connectivity index (χ1n) is 7.54. The van der Waals surface area contributed by atoms with E-state index in [4.69, 9.17) is 4.42 Å². The number of hydrogen-bond acceptors (Lipinski definition) is 5. The fourth-order valence-corrected chi connectivity index (χ4v) is 3.29. The number of carbonyl (C=O) groups excluding carboxylic acids is 1. The van der Waals surface area contributed by atoms with Gasteiger partial charge in [-0.3, -0.25) is 9.69 Å². The van der Waals surface area contributed by atoms with E-state index in [1.165, 1.54) is 30.1 Å². The second kappa shape index (κ2) is 7.44. The van der Waals surface area contributed by atoms with Crippen LogP contribution in [0.25, 0.3) is 0 Å². The van der Waals surface area contributed by atoms with E-state index < -0.39 is 0 Å². The van der Waals surface area contributed by atoms with Crippen LogP contribution in [0.3, 0.4) is 0 Å². The maximum absolute atomic E-state index is 13.0. The average Bonchev–Trinajstić information content (AvgIpc) is 3.20. The van der Waals surface area contributed by atoms with Crippen molar-refractivity contribution in [3.63, 3.8) is 0 Å². The molecule has 1 aromatic heterocycles. The number of amides is 1. The van der Waals surface area contributed by atoms with Crippen LogP contribution in [-0.4, -0.2) is 27.4 Å². The fourth-order valence-electron chi connectivity index (χ4n) is 2.26. The molecule has 0 spiro atoms. The number of nitrogens with zero attached hydrogens (tertiary/aromatic N) is 3. The van der Waals surface area contributed by atoms with Gasteiger partial charge >= 0.3 is 0 Å². The van der Waals surface area contributed by atoms with E-state index in [0.29, 0.717) is 23.9 Å². The number of furan rings is 1. The van der Waals surface area contributed by atoms with Gasteiger partial charge in [-0.2, -0.15) is 5.10 Å². The van der Waals surface area contributed by atoms with Gasteiger partial charge in [-0.1, -0.05) is 30.8 Å². The van der Waals surface area contributed by atoms with Gasteiger partial charge in [-0.05, 0) is 36.2 Å². The quantitative estimate of drug-likeness (QED) is 0.614. The lowest BCUT2D eigenvalue weighted by molar-refractivity contribution is -0.126. The van der Waals surface area contributed by atoms with Crippen LogP contribution in [0.15, 0.2) is 57.3 Å². The molecule has 1 aromatic carbocycles. The van der Waals surface area contributed by atoms with Crippen LogP contribution >= 0.6 is 11.8 Å². The summed E-state index contributed by atoms with van der Waals surface area (Å²) in [7, 11) is 0. The van der Waals surface area contributed by atoms with Crippen molar-refractivity contribution in [2.45, 2.75) is 25.1 Å². The highest BCUT2D eigenvalue weighted by Gasteiger charge is 2.36. The SMILES string of the molecule is CC[C@@H]1S/C(=N/N=C\c2ccco2)N(Cc2ccc(F)cc2)C1=O. The Morgan fingerprint density at radius 1 is 1.33 bits per heavy atom. The minimum Gasteiger partial charge on any atom is -0.463 e. The predicted octanol–water partition coefficient (Wildman–Crippen LogP) is 3.66. The molecule has 0 aliphatic carbocycles. The zero-order valence-corrected chi connectivity index (χ0v) is 13.9. The minimum absolute atomic E-state index is 0.00114. The molecule has 0 unspecified atom stereocenters. The van der Waals surface area contributed by atoms with Gasteiger partial charge in [0.05, 0.1) is 24.3 Å². The van der Waals surface area contributed by atoms with Gasteiger partial charge < -0.3 is 4.42 Å². The molecule has 1 fully saturated rings. The largest absolute Gasteiger partial charge is 0.463 e. The van der Waals surface area contributed by atoms with E-state index in [9.17, 15) is 9.18 Å². The van der Waals surface area contributed by atoms with Crippen LogP contribution in [0.1, 0.15) is 24.7 Å². The summed E-state index contributed by atoms with van der Waals surface area (Å²) in [4.78, 5) is 14.1. The molecule has 0 radical (unpaired) electrons. The third kappa shape index (κ3) is 3.73. The summed E-state index contributed by atoms with van der Waals surface area (Å²) in [5.74, 6) is 0.286. The van der Waals surface area contributed by atoms with E-state index in [-0.39, 0.29) is 17.0 Å². The molecule has 2 heterocycles. The molecule has 5 nitrogen and oxygen atoms in total. The van der Waals surface area contributed by atoms with Crippen molar-refractivity contribution < 1.29 is 13.6 Å². The Morgan fingerprint density at radius 2 is 2.12 bits per heavy atom. The van der Waals surface area contributed by atoms with Gasteiger partial charge in [0.2, 0.25) is 5.91 Å². The highest BCUT2D eigenvalue weighted by Crippen LogP contribution is 2.30. The summed E-state index contributed by atoms with van der Waals surface area (Å²) < 4.78 is 18.2. The molecule has 0 saturated carbocycles. The zero-order valence-electron chi connectivity index (χ0n) is 13.1. The molecule has 1 aliphatic heterocycles. The molecule has 1 aliphatic rings. The monoisotopic (exact) mass is 345 g/mol. The minimum atomic E-state index is -0.302. The Kier molecular flexibility index (Phi) is 5.10. The van der Waals surface area contributed by atoms with Gasteiger partial charge in [-0.15, -0.1) is 5.10 Å². The van der Waals surface area contributed by atoms with E-state index in [1.807, 2.05) is 6.92 Å². The summed E-state index contributed by atoms with van der Waals surface area (Å²) in [6.07, 6.45) is 3.76. The maximum Gasteiger partial charge on any atom is 0.242 e. The molecule has 1 atom stereocenters. The van der Waals surface area contributed by atoms with Crippen LogP contribution in [0.4, 0.5) is 4.39 Å². The van der Waals surface area contributed by atoms with Crippen molar-refractivity contribution in [2.24, 2.45) is 10.2 Å². The molecule has 0 bridgehead atoms. The molecule has 2 aromatic rings. The molecule has 24 heavy (non-hydrogen) atoms. The van der Waals surface area contributed by atoms with Crippen molar-refractivity contribution in [3.8, 4) is 0 Å². The van der Waals surface area contributed by atoms with Gasteiger partial charge in [0, 0.05) is 0 Å². The Balaban J connectivity index is 1.79. The first-order chi connectivity index (χ1) is 11.7. The number of rotatable bonds is 5. The molecule has 124 valence electrons. The van der Waals surface area contributed by atoms with Crippen LogP contribution < -0.4 is 0 Å². The number of amidine groups is 1. The number of thioether (sulfide) groups is 1. The molecule has 1 amide bonds. The molecule has 1 saturated heterocycles. The fraction of sp³-hybridized carbons (Fsp3) is 0.235. The highest BCUT2D eigenvalue weighted by molar-refractivity contribution is 8.15. The van der Waals surface area contributed by atoms with Crippen molar-refractivity contribution >= 4 is 29.1 Å². The van der Waals surface area contributed by atoms with E-state index >= 15 is 0 Å². The normalized spacial score (nSPS) is 19.8. The average molecular weight is 345 g/mol. The smallest absolute Gasteiger partial charge is 0.242 e. The molecule has 0 N–H and O–H groups in total. The summed E-state index contributed by atoms with van der Waals surface area (Å²) in [5.41, 5.74) is 0.838. The van der Waals surface area contributed by atoms with E-state index in [1.54, 1.807) is 35.4 Å². The number of halogens is 1. The van der Waals surface area contributed by atoms with E-state index in [2.05, 4.69) is 10.2 Å². The van der Waals surface area contributed by atoms with Crippen molar-refractivity contribution in [3.05, 3.63) is 59.8 Å². The third-order valence-corrected chi connectivity index (χ3v) is 4.85. The predicted molar refractivity (Wildman–Crippen MR) is 92.4 cm³/mol. The lowest BCUT2D eigenvalue weighted by atomic mass is 10.2. The van der Waals surface area contributed by atoms with Gasteiger partial charge in [0.15, 0.2) is 5.17 Å². The van der Waals surface area contributed by atoms with Crippen molar-refractivity contribution in [2.75, 3.05) is 0 Å². The molecule has 3 rings (SSSR count). The summed E-state index contributed by atoms with van der Waals surface area (Å²) in [6.45, 7) is 2.30. The van der Waals surface area contributed by atoms with Crippen molar-refractivity contribution in [1.82, 2.24) is 4.90 Å². The van der Waals surface area contributed by atoms with Crippen molar-refractivity contribution in [1.29, 1.82) is 0 Å². The molecular formula is C17H16FN3O2S. The first kappa shape index (κ1) is 16.4. The van der Waals surface area contributed by atoms with E-state index in [0.717, 1.165) is 5.56 Å². The van der Waals surface area contributed by atoms with Crippen LogP contribution in [-0.2, 0) is 11.3 Å². The lowest BCUT2D eigenvalue weighted by Gasteiger charge is -2.15. The Bertz CT molecular complexity index is 757. The zero-order chi connectivity index (χ0) is 16.9.